The summed E-state index contributed by atoms with van der Waals surface area (Å²) in [4.78, 5) is 43.8. The number of hydrogen-bond donors (Lipinski definition) is 4. The van der Waals surface area contributed by atoms with E-state index < -0.39 is 17.8 Å². The maximum atomic E-state index is 13.8. The molecule has 0 radical (unpaired) electrons. The highest BCUT2D eigenvalue weighted by molar-refractivity contribution is 9.10. The van der Waals surface area contributed by atoms with Crippen LogP contribution < -0.4 is 21.1 Å². The molecule has 4 aromatic rings. The molecule has 0 spiro atoms. The summed E-state index contributed by atoms with van der Waals surface area (Å²) in [5, 5.41) is 17.7. The van der Waals surface area contributed by atoms with Crippen molar-refractivity contribution in [1.29, 1.82) is 0 Å². The Morgan fingerprint density at radius 3 is 2.65 bits per heavy atom. The molecular weight excluding hydrogens is 596 g/mol. The number of anilines is 2. The number of pyridine rings is 1. The van der Waals surface area contributed by atoms with E-state index in [9.17, 15) is 19.5 Å². The van der Waals surface area contributed by atoms with Gasteiger partial charge in [-0.05, 0) is 81.8 Å². The van der Waals surface area contributed by atoms with Crippen LogP contribution in [-0.2, 0) is 6.42 Å². The molecular formula is C29H25BrN4O5S. The van der Waals surface area contributed by atoms with E-state index in [1.165, 1.54) is 12.1 Å². The topological polar surface area (TPSA) is 144 Å². The molecule has 0 aliphatic carbocycles. The minimum absolute atomic E-state index is 0.0263. The second-order valence-electron chi connectivity index (χ2n) is 9.11. The number of hydrogen-bond acceptors (Lipinski definition) is 7. The van der Waals surface area contributed by atoms with Gasteiger partial charge in [0.25, 0.3) is 11.8 Å². The third kappa shape index (κ3) is 5.43. The van der Waals surface area contributed by atoms with Crippen molar-refractivity contribution < 1.29 is 24.2 Å². The van der Waals surface area contributed by atoms with Crippen LogP contribution in [-0.4, -0.2) is 41.0 Å². The van der Waals surface area contributed by atoms with Crippen LogP contribution in [0.25, 0.3) is 21.6 Å². The van der Waals surface area contributed by atoms with Gasteiger partial charge in [0.1, 0.15) is 11.4 Å². The summed E-state index contributed by atoms with van der Waals surface area (Å²) in [6, 6.07) is 13.4. The standard InChI is InChI=1S/C29H25BrN4O5S/c1-2-9-32-28(36)23-6-4-17(25(34-23)29(37)38)18-14-24-20(26-15(7-10-39-24)8-11-40-26)13-19(18)27(35)33-16-3-5-22(31)21(30)12-16/h3-6,8,11-14H,2,7,9-10,31H2,1H3,(H,32,36)(H,33,35)(H,37,38). The Balaban J connectivity index is 1.67. The predicted molar refractivity (Wildman–Crippen MR) is 158 cm³/mol. The second kappa shape index (κ2) is 11.5. The lowest BCUT2D eigenvalue weighted by atomic mass is 9.93. The molecule has 3 heterocycles. The van der Waals surface area contributed by atoms with Crippen molar-refractivity contribution in [2.75, 3.05) is 24.2 Å². The molecule has 5 rings (SSSR count). The summed E-state index contributed by atoms with van der Waals surface area (Å²) in [5.41, 5.74) is 9.13. The SMILES string of the molecule is CCCNC(=O)c1ccc(-c2cc3c(cc2C(=O)Nc2ccc(N)c(Br)c2)-c2sccc2CCO3)c(C(=O)O)n1. The summed E-state index contributed by atoms with van der Waals surface area (Å²) in [5.74, 6) is -1.73. The highest BCUT2D eigenvalue weighted by Crippen LogP contribution is 2.43. The van der Waals surface area contributed by atoms with Crippen molar-refractivity contribution >= 4 is 56.4 Å². The number of halogens is 1. The Morgan fingerprint density at radius 1 is 1.07 bits per heavy atom. The van der Waals surface area contributed by atoms with Crippen LogP contribution in [0.4, 0.5) is 11.4 Å². The van der Waals surface area contributed by atoms with Gasteiger partial charge in [0.2, 0.25) is 0 Å². The number of carbonyl (C=O) groups excluding carboxylic acids is 2. The molecule has 0 saturated heterocycles. The molecule has 0 saturated carbocycles. The number of carboxylic acid groups (broad SMARTS) is 1. The Bertz CT molecular complexity index is 1650. The Hall–Kier alpha value is -4.22. The molecule has 0 fully saturated rings. The first-order valence-electron chi connectivity index (χ1n) is 12.5. The smallest absolute Gasteiger partial charge is 0.355 e. The maximum Gasteiger partial charge on any atom is 0.355 e. The van der Waals surface area contributed by atoms with Crippen LogP contribution in [0.5, 0.6) is 5.75 Å². The molecule has 0 unspecified atom stereocenters. The molecule has 0 bridgehead atoms. The summed E-state index contributed by atoms with van der Waals surface area (Å²) in [6.07, 6.45) is 1.42. The first kappa shape index (κ1) is 27.4. The quantitative estimate of drug-likeness (QED) is 0.190. The number of nitrogens with two attached hydrogens (primary N) is 1. The predicted octanol–water partition coefficient (Wildman–Crippen LogP) is 5.85. The summed E-state index contributed by atoms with van der Waals surface area (Å²) in [7, 11) is 0. The van der Waals surface area contributed by atoms with Crippen LogP contribution in [0.3, 0.4) is 0 Å². The number of ether oxygens (including phenoxy) is 1. The van der Waals surface area contributed by atoms with E-state index in [0.29, 0.717) is 46.7 Å². The van der Waals surface area contributed by atoms with E-state index in [4.69, 9.17) is 10.5 Å². The van der Waals surface area contributed by atoms with Gasteiger partial charge in [0.05, 0.1) is 6.61 Å². The van der Waals surface area contributed by atoms with E-state index in [2.05, 4.69) is 31.5 Å². The Kier molecular flexibility index (Phi) is 7.85. The molecule has 40 heavy (non-hydrogen) atoms. The van der Waals surface area contributed by atoms with Gasteiger partial charge in [-0.2, -0.15) is 0 Å². The average molecular weight is 622 g/mol. The number of aromatic nitrogens is 1. The largest absolute Gasteiger partial charge is 0.493 e. The normalized spacial score (nSPS) is 11.9. The summed E-state index contributed by atoms with van der Waals surface area (Å²) >= 11 is 4.92. The van der Waals surface area contributed by atoms with Gasteiger partial charge in [0.15, 0.2) is 5.69 Å². The van der Waals surface area contributed by atoms with E-state index in [1.807, 2.05) is 18.4 Å². The van der Waals surface area contributed by atoms with Crippen molar-refractivity contribution in [2.45, 2.75) is 19.8 Å². The number of amides is 2. The molecule has 11 heteroatoms. The molecule has 9 nitrogen and oxygen atoms in total. The van der Waals surface area contributed by atoms with E-state index >= 15 is 0 Å². The fourth-order valence-corrected chi connectivity index (χ4v) is 5.78. The summed E-state index contributed by atoms with van der Waals surface area (Å²) in [6.45, 7) is 2.78. The van der Waals surface area contributed by atoms with Gasteiger partial charge >= 0.3 is 5.97 Å². The van der Waals surface area contributed by atoms with Gasteiger partial charge in [0, 0.05) is 55.9 Å². The molecule has 1 aliphatic rings. The van der Waals surface area contributed by atoms with Crippen molar-refractivity contribution in [3.8, 4) is 27.3 Å². The third-order valence-corrected chi connectivity index (χ3v) is 8.08. The first-order chi connectivity index (χ1) is 19.3. The minimum Gasteiger partial charge on any atom is -0.493 e. The molecule has 1 aliphatic heterocycles. The van der Waals surface area contributed by atoms with Crippen LogP contribution in [0.1, 0.15) is 50.2 Å². The number of benzene rings is 2. The zero-order valence-corrected chi connectivity index (χ0v) is 23.8. The number of carbonyl (C=O) groups is 3. The monoisotopic (exact) mass is 620 g/mol. The third-order valence-electron chi connectivity index (χ3n) is 6.40. The highest BCUT2D eigenvalue weighted by atomic mass is 79.9. The first-order valence-corrected chi connectivity index (χ1v) is 14.2. The van der Waals surface area contributed by atoms with Crippen LogP contribution in [0.2, 0.25) is 0 Å². The number of nitrogen functional groups attached to an aromatic ring is 1. The van der Waals surface area contributed by atoms with E-state index in [0.717, 1.165) is 22.4 Å². The zero-order chi connectivity index (χ0) is 28.4. The zero-order valence-electron chi connectivity index (χ0n) is 21.4. The van der Waals surface area contributed by atoms with Crippen LogP contribution in [0.15, 0.2) is 58.4 Å². The molecule has 2 amide bonds. The van der Waals surface area contributed by atoms with Gasteiger partial charge in [-0.3, -0.25) is 9.59 Å². The second-order valence-corrected chi connectivity index (χ2v) is 10.9. The number of rotatable bonds is 7. The molecule has 5 N–H and O–H groups in total. The van der Waals surface area contributed by atoms with Crippen molar-refractivity contribution in [3.63, 3.8) is 0 Å². The van der Waals surface area contributed by atoms with Crippen LogP contribution in [0, 0.1) is 0 Å². The average Bonchev–Trinajstić information content (AvgIpc) is 3.34. The van der Waals surface area contributed by atoms with Gasteiger partial charge in [-0.15, -0.1) is 11.3 Å². The fourth-order valence-electron chi connectivity index (χ4n) is 4.43. The van der Waals surface area contributed by atoms with Crippen molar-refractivity contribution in [2.24, 2.45) is 0 Å². The number of aromatic carboxylic acids is 1. The highest BCUT2D eigenvalue weighted by Gasteiger charge is 2.26. The van der Waals surface area contributed by atoms with E-state index in [-0.39, 0.29) is 22.5 Å². The van der Waals surface area contributed by atoms with Gasteiger partial charge in [-0.1, -0.05) is 6.92 Å². The Morgan fingerprint density at radius 2 is 1.90 bits per heavy atom. The maximum absolute atomic E-state index is 13.8. The van der Waals surface area contributed by atoms with Gasteiger partial charge < -0.3 is 26.2 Å². The van der Waals surface area contributed by atoms with Gasteiger partial charge in [-0.25, -0.2) is 9.78 Å². The van der Waals surface area contributed by atoms with Crippen molar-refractivity contribution in [1.82, 2.24) is 10.3 Å². The van der Waals surface area contributed by atoms with Crippen LogP contribution >= 0.6 is 27.3 Å². The lowest BCUT2D eigenvalue weighted by molar-refractivity contribution is 0.0691. The number of fused-ring (bicyclic) bond motifs is 3. The molecule has 2 aromatic carbocycles. The molecule has 204 valence electrons. The lowest BCUT2D eigenvalue weighted by Gasteiger charge is -2.17. The minimum atomic E-state index is -1.33. The number of carboxylic acids is 1. The van der Waals surface area contributed by atoms with E-state index in [1.54, 1.807) is 41.7 Å². The number of nitrogens with one attached hydrogen (secondary N) is 2. The summed E-state index contributed by atoms with van der Waals surface area (Å²) < 4.78 is 6.69. The number of nitrogens with zero attached hydrogens (tertiary/aromatic N) is 1. The lowest BCUT2D eigenvalue weighted by Crippen LogP contribution is -2.25. The fraction of sp³-hybridized carbons (Fsp3) is 0.172. The Labute approximate surface area is 242 Å². The molecule has 0 atom stereocenters. The van der Waals surface area contributed by atoms with Crippen molar-refractivity contribution in [3.05, 3.63) is 80.9 Å². The number of thiophene rings is 1. The molecule has 2 aromatic heterocycles.